The maximum Gasteiger partial charge on any atom is 0.416 e. The molecule has 2 N–H and O–H groups in total. The molecule has 3 rings (SSSR count). The van der Waals surface area contributed by atoms with Crippen LogP contribution in [0.4, 0.5) is 18.9 Å². The molecular formula is C13H15F3N2. The van der Waals surface area contributed by atoms with Crippen LogP contribution in [-0.4, -0.2) is 12.6 Å². The van der Waals surface area contributed by atoms with Crippen molar-refractivity contribution in [2.75, 3.05) is 11.9 Å². The third kappa shape index (κ3) is 2.32. The van der Waals surface area contributed by atoms with Crippen LogP contribution in [0.5, 0.6) is 0 Å². The summed E-state index contributed by atoms with van der Waals surface area (Å²) in [4.78, 5) is 0. The molecule has 1 fully saturated rings. The highest BCUT2D eigenvalue weighted by Gasteiger charge is 2.33. The maximum atomic E-state index is 12.6. The third-order valence-electron chi connectivity index (χ3n) is 3.52. The molecule has 98 valence electrons. The number of fused-ring (bicyclic) bond motifs is 1. The van der Waals surface area contributed by atoms with Gasteiger partial charge in [0.1, 0.15) is 0 Å². The van der Waals surface area contributed by atoms with E-state index in [1.807, 2.05) is 0 Å². The van der Waals surface area contributed by atoms with Crippen LogP contribution in [0.25, 0.3) is 0 Å². The van der Waals surface area contributed by atoms with Gasteiger partial charge in [-0.15, -0.1) is 0 Å². The first-order chi connectivity index (χ1) is 8.54. The first-order valence-corrected chi connectivity index (χ1v) is 6.25. The van der Waals surface area contributed by atoms with Crippen molar-refractivity contribution in [3.8, 4) is 0 Å². The van der Waals surface area contributed by atoms with Gasteiger partial charge in [0.15, 0.2) is 0 Å². The summed E-state index contributed by atoms with van der Waals surface area (Å²) in [6, 6.07) is 4.74. The molecule has 0 amide bonds. The molecule has 18 heavy (non-hydrogen) atoms. The molecule has 5 heteroatoms. The van der Waals surface area contributed by atoms with E-state index >= 15 is 0 Å². The highest BCUT2D eigenvalue weighted by atomic mass is 19.4. The predicted molar refractivity (Wildman–Crippen MR) is 63.4 cm³/mol. The fourth-order valence-corrected chi connectivity index (χ4v) is 2.40. The van der Waals surface area contributed by atoms with Gasteiger partial charge in [0.2, 0.25) is 0 Å². The van der Waals surface area contributed by atoms with Gasteiger partial charge < -0.3 is 10.6 Å². The van der Waals surface area contributed by atoms with Gasteiger partial charge in [0, 0.05) is 24.3 Å². The maximum absolute atomic E-state index is 12.6. The zero-order valence-electron chi connectivity index (χ0n) is 9.85. The number of alkyl halides is 3. The van der Waals surface area contributed by atoms with Gasteiger partial charge in [0.25, 0.3) is 0 Å². The molecule has 1 aliphatic carbocycles. The Morgan fingerprint density at radius 2 is 1.94 bits per heavy atom. The highest BCUT2D eigenvalue weighted by Crippen LogP contribution is 2.37. The second-order valence-corrected chi connectivity index (χ2v) is 5.01. The number of hydrogen-bond acceptors (Lipinski definition) is 2. The number of rotatable bonds is 2. The zero-order chi connectivity index (χ0) is 12.8. The Morgan fingerprint density at radius 3 is 2.61 bits per heavy atom. The second kappa shape index (κ2) is 4.16. The van der Waals surface area contributed by atoms with Crippen molar-refractivity contribution in [3.63, 3.8) is 0 Å². The first kappa shape index (κ1) is 11.8. The molecule has 1 atom stereocenters. The lowest BCUT2D eigenvalue weighted by atomic mass is 9.96. The standard InChI is InChI=1S/C13H15F3N2/c14-13(15,16)8-1-4-10-11(18-9-2-3-9)5-6-17-12(10)7-8/h1,4,7,9,11,17-18H,2-3,5-6H2. The number of anilines is 1. The summed E-state index contributed by atoms with van der Waals surface area (Å²) in [5.74, 6) is 0. The van der Waals surface area contributed by atoms with Crippen molar-refractivity contribution in [2.45, 2.75) is 37.5 Å². The lowest BCUT2D eigenvalue weighted by Gasteiger charge is -2.28. The molecule has 2 aliphatic rings. The Bertz CT molecular complexity index is 452. The smallest absolute Gasteiger partial charge is 0.385 e. The van der Waals surface area contributed by atoms with E-state index in [1.54, 1.807) is 6.07 Å². The molecule has 1 aliphatic heterocycles. The Labute approximate surface area is 104 Å². The number of benzene rings is 1. The lowest BCUT2D eigenvalue weighted by Crippen LogP contribution is -2.29. The van der Waals surface area contributed by atoms with Crippen molar-refractivity contribution in [1.29, 1.82) is 0 Å². The fourth-order valence-electron chi connectivity index (χ4n) is 2.40. The number of halogens is 3. The van der Waals surface area contributed by atoms with E-state index in [9.17, 15) is 13.2 Å². The minimum atomic E-state index is -4.27. The number of nitrogens with one attached hydrogen (secondary N) is 2. The topological polar surface area (TPSA) is 24.1 Å². The van der Waals surface area contributed by atoms with Crippen molar-refractivity contribution in [3.05, 3.63) is 29.3 Å². The van der Waals surface area contributed by atoms with Gasteiger partial charge in [-0.05, 0) is 37.0 Å². The summed E-state index contributed by atoms with van der Waals surface area (Å²) in [5.41, 5.74) is 0.996. The van der Waals surface area contributed by atoms with Gasteiger partial charge in [-0.1, -0.05) is 6.07 Å². The molecule has 1 heterocycles. The van der Waals surface area contributed by atoms with Gasteiger partial charge >= 0.3 is 6.18 Å². The third-order valence-corrected chi connectivity index (χ3v) is 3.52. The van der Waals surface area contributed by atoms with Gasteiger partial charge in [-0.2, -0.15) is 13.2 Å². The van der Waals surface area contributed by atoms with Crippen molar-refractivity contribution < 1.29 is 13.2 Å². The lowest BCUT2D eigenvalue weighted by molar-refractivity contribution is -0.137. The van der Waals surface area contributed by atoms with Crippen LogP contribution in [0.15, 0.2) is 18.2 Å². The van der Waals surface area contributed by atoms with Crippen molar-refractivity contribution in [1.82, 2.24) is 5.32 Å². The average molecular weight is 256 g/mol. The molecule has 0 radical (unpaired) electrons. The first-order valence-electron chi connectivity index (χ1n) is 6.25. The predicted octanol–water partition coefficient (Wildman–Crippen LogP) is 3.31. The van der Waals surface area contributed by atoms with E-state index in [-0.39, 0.29) is 6.04 Å². The summed E-state index contributed by atoms with van der Waals surface area (Å²) in [6.45, 7) is 0.721. The van der Waals surface area contributed by atoms with Gasteiger partial charge in [0.05, 0.1) is 5.56 Å². The quantitative estimate of drug-likeness (QED) is 0.848. The Kier molecular flexibility index (Phi) is 2.73. The van der Waals surface area contributed by atoms with Crippen molar-refractivity contribution >= 4 is 5.69 Å². The Balaban J connectivity index is 1.88. The molecule has 0 saturated heterocycles. The van der Waals surface area contributed by atoms with E-state index in [0.717, 1.165) is 18.5 Å². The van der Waals surface area contributed by atoms with Crippen LogP contribution in [0.2, 0.25) is 0 Å². The van der Waals surface area contributed by atoms with Gasteiger partial charge in [-0.25, -0.2) is 0 Å². The van der Waals surface area contributed by atoms with Crippen LogP contribution in [-0.2, 0) is 6.18 Å². The van der Waals surface area contributed by atoms with Crippen LogP contribution < -0.4 is 10.6 Å². The van der Waals surface area contributed by atoms with E-state index in [1.165, 1.54) is 25.0 Å². The minimum Gasteiger partial charge on any atom is -0.385 e. The highest BCUT2D eigenvalue weighted by molar-refractivity contribution is 5.57. The van der Waals surface area contributed by atoms with Crippen LogP contribution in [0.3, 0.4) is 0 Å². The summed E-state index contributed by atoms with van der Waals surface area (Å²) in [7, 11) is 0. The van der Waals surface area contributed by atoms with E-state index in [2.05, 4.69) is 10.6 Å². The van der Waals surface area contributed by atoms with Crippen LogP contribution >= 0.6 is 0 Å². The SMILES string of the molecule is FC(F)(F)c1ccc2c(c1)NCCC2NC1CC1. The molecule has 1 saturated carbocycles. The largest absolute Gasteiger partial charge is 0.416 e. The monoisotopic (exact) mass is 256 g/mol. The molecule has 1 aromatic carbocycles. The minimum absolute atomic E-state index is 0.191. The van der Waals surface area contributed by atoms with E-state index in [0.29, 0.717) is 11.7 Å². The summed E-state index contributed by atoms with van der Waals surface area (Å²) in [5, 5.41) is 6.54. The zero-order valence-corrected chi connectivity index (χ0v) is 9.85. The van der Waals surface area contributed by atoms with Gasteiger partial charge in [-0.3, -0.25) is 0 Å². The molecule has 0 bridgehead atoms. The molecule has 0 aromatic heterocycles. The molecule has 1 unspecified atom stereocenters. The second-order valence-electron chi connectivity index (χ2n) is 5.01. The number of hydrogen-bond donors (Lipinski definition) is 2. The van der Waals surface area contributed by atoms with Crippen LogP contribution in [0.1, 0.15) is 36.4 Å². The summed E-state index contributed by atoms with van der Waals surface area (Å²) < 4.78 is 37.9. The molecule has 2 nitrogen and oxygen atoms in total. The molecule has 1 aromatic rings. The van der Waals surface area contributed by atoms with E-state index < -0.39 is 11.7 Å². The average Bonchev–Trinajstić information content (AvgIpc) is 3.11. The Hall–Kier alpha value is -1.23. The summed E-state index contributed by atoms with van der Waals surface area (Å²) in [6.07, 6.45) is -0.984. The fraction of sp³-hybridized carbons (Fsp3) is 0.538. The normalized spacial score (nSPS) is 23.4. The molecule has 0 spiro atoms. The molecular weight excluding hydrogens is 241 g/mol. The van der Waals surface area contributed by atoms with Crippen LogP contribution in [0, 0.1) is 0 Å². The summed E-state index contributed by atoms with van der Waals surface area (Å²) >= 11 is 0. The van der Waals surface area contributed by atoms with Crippen molar-refractivity contribution in [2.24, 2.45) is 0 Å². The Morgan fingerprint density at radius 1 is 1.17 bits per heavy atom. The van der Waals surface area contributed by atoms with E-state index in [4.69, 9.17) is 0 Å².